The quantitative estimate of drug-likeness (QED) is 0.0730. The van der Waals surface area contributed by atoms with Crippen molar-refractivity contribution >= 4 is 11.8 Å². The molecule has 1 heterocycles. The standard InChI is InChI=1S/C42H83N3O2/c1-6-11-15-18-20-22-25-27-30-39(31-28-26-23-21-19-16-12-7-2)45(40(46)32-29-24-17-13-8-3)41(42(47)43-35-14-9-4)38-33-36-44(10-5)37-34-38/h38-39,41H,6-37H2,1-5H3,(H,43,47). The van der Waals surface area contributed by atoms with Gasteiger partial charge >= 0.3 is 0 Å². The molecule has 0 bridgehead atoms. The van der Waals surface area contributed by atoms with Crippen LogP contribution in [0.4, 0.5) is 0 Å². The summed E-state index contributed by atoms with van der Waals surface area (Å²) in [5.74, 6) is 0.645. The molecule has 5 nitrogen and oxygen atoms in total. The van der Waals surface area contributed by atoms with Crippen LogP contribution < -0.4 is 5.32 Å². The minimum absolute atomic E-state index is 0.129. The first-order valence-electron chi connectivity index (χ1n) is 21.3. The maximum atomic E-state index is 14.5. The van der Waals surface area contributed by atoms with Crippen LogP contribution in [0.3, 0.4) is 0 Å². The van der Waals surface area contributed by atoms with Crippen molar-refractivity contribution in [2.24, 2.45) is 5.92 Å². The second-order valence-corrected chi connectivity index (χ2v) is 15.0. The van der Waals surface area contributed by atoms with Crippen LogP contribution in [0.2, 0.25) is 0 Å². The molecule has 1 fully saturated rings. The number of hydrogen-bond donors (Lipinski definition) is 1. The van der Waals surface area contributed by atoms with E-state index >= 15 is 0 Å². The molecule has 47 heavy (non-hydrogen) atoms. The predicted molar refractivity (Wildman–Crippen MR) is 205 cm³/mol. The van der Waals surface area contributed by atoms with Gasteiger partial charge < -0.3 is 15.1 Å². The van der Waals surface area contributed by atoms with Gasteiger partial charge in [-0.25, -0.2) is 0 Å². The number of nitrogens with zero attached hydrogens (tertiary/aromatic N) is 2. The molecule has 1 saturated heterocycles. The Hall–Kier alpha value is -1.10. The molecule has 1 unspecified atom stereocenters. The molecule has 0 aromatic rings. The lowest BCUT2D eigenvalue weighted by Crippen LogP contribution is -2.58. The van der Waals surface area contributed by atoms with E-state index in [0.29, 0.717) is 6.42 Å². The lowest BCUT2D eigenvalue weighted by molar-refractivity contribution is -0.147. The van der Waals surface area contributed by atoms with E-state index < -0.39 is 0 Å². The SMILES string of the molecule is CCCCCCCCCCC(CCCCCCCCCC)N(C(=O)CCCCCCC)C(C(=O)NCCCC)C1CCN(CC)CC1. The smallest absolute Gasteiger partial charge is 0.243 e. The first kappa shape index (κ1) is 43.9. The van der Waals surface area contributed by atoms with Crippen LogP contribution in [0.25, 0.3) is 0 Å². The Bertz CT molecular complexity index is 701. The van der Waals surface area contributed by atoms with Crippen molar-refractivity contribution in [3.05, 3.63) is 0 Å². The van der Waals surface area contributed by atoms with Crippen molar-refractivity contribution in [1.29, 1.82) is 0 Å². The van der Waals surface area contributed by atoms with Gasteiger partial charge in [-0.05, 0) is 64.1 Å². The van der Waals surface area contributed by atoms with Crippen LogP contribution in [-0.4, -0.2) is 59.9 Å². The highest BCUT2D eigenvalue weighted by molar-refractivity contribution is 5.88. The Kier molecular flexibility index (Phi) is 28.9. The first-order valence-corrected chi connectivity index (χ1v) is 21.3. The van der Waals surface area contributed by atoms with Crippen molar-refractivity contribution < 1.29 is 9.59 Å². The summed E-state index contributed by atoms with van der Waals surface area (Å²) in [7, 11) is 0. The Morgan fingerprint density at radius 2 is 1.02 bits per heavy atom. The summed E-state index contributed by atoms with van der Waals surface area (Å²) in [6.45, 7) is 15.1. The number of unbranched alkanes of at least 4 members (excludes halogenated alkanes) is 19. The summed E-state index contributed by atoms with van der Waals surface area (Å²) in [4.78, 5) is 33.4. The highest BCUT2D eigenvalue weighted by atomic mass is 16.2. The normalized spacial score (nSPS) is 14.9. The number of amides is 2. The average molecular weight is 662 g/mol. The largest absolute Gasteiger partial charge is 0.354 e. The number of rotatable bonds is 32. The summed E-state index contributed by atoms with van der Waals surface area (Å²) in [5, 5.41) is 3.34. The maximum Gasteiger partial charge on any atom is 0.243 e. The Labute approximate surface area is 294 Å². The zero-order valence-corrected chi connectivity index (χ0v) is 32.6. The molecule has 2 amide bonds. The lowest BCUT2D eigenvalue weighted by Gasteiger charge is -2.44. The fourth-order valence-corrected chi connectivity index (χ4v) is 7.69. The van der Waals surface area contributed by atoms with E-state index in [4.69, 9.17) is 0 Å². The lowest BCUT2D eigenvalue weighted by atomic mass is 9.85. The topological polar surface area (TPSA) is 52.7 Å². The number of carbonyl (C=O) groups excluding carboxylic acids is 2. The zero-order chi connectivity index (χ0) is 34.4. The fourth-order valence-electron chi connectivity index (χ4n) is 7.69. The van der Waals surface area contributed by atoms with Crippen LogP contribution in [-0.2, 0) is 9.59 Å². The number of piperidine rings is 1. The number of carbonyl (C=O) groups is 2. The molecule has 1 aliphatic heterocycles. The molecule has 0 radical (unpaired) electrons. The molecule has 0 spiro atoms. The molecule has 0 aromatic carbocycles. The molecule has 1 N–H and O–H groups in total. The van der Waals surface area contributed by atoms with Gasteiger partial charge in [0.1, 0.15) is 6.04 Å². The van der Waals surface area contributed by atoms with E-state index in [1.807, 2.05) is 0 Å². The van der Waals surface area contributed by atoms with Crippen molar-refractivity contribution in [1.82, 2.24) is 15.1 Å². The zero-order valence-electron chi connectivity index (χ0n) is 32.6. The molecule has 1 rings (SSSR count). The van der Waals surface area contributed by atoms with Crippen molar-refractivity contribution in [3.63, 3.8) is 0 Å². The summed E-state index contributed by atoms with van der Waals surface area (Å²) >= 11 is 0. The van der Waals surface area contributed by atoms with E-state index in [2.05, 4.69) is 49.7 Å². The fraction of sp³-hybridized carbons (Fsp3) is 0.952. The molecule has 5 heteroatoms. The Morgan fingerprint density at radius 3 is 1.47 bits per heavy atom. The van der Waals surface area contributed by atoms with Crippen molar-refractivity contribution in [2.75, 3.05) is 26.2 Å². The van der Waals surface area contributed by atoms with Gasteiger partial charge in [0.25, 0.3) is 0 Å². The first-order chi connectivity index (χ1) is 23.0. The number of nitrogens with one attached hydrogen (secondary N) is 1. The summed E-state index contributed by atoms with van der Waals surface area (Å²) in [5.41, 5.74) is 0. The molecule has 0 saturated carbocycles. The maximum absolute atomic E-state index is 14.5. The summed E-state index contributed by atoms with van der Waals surface area (Å²) in [6, 6.07) is -0.133. The van der Waals surface area contributed by atoms with E-state index in [1.165, 1.54) is 122 Å². The Balaban J connectivity index is 3.19. The van der Waals surface area contributed by atoms with Gasteiger partial charge in [0.15, 0.2) is 0 Å². The highest BCUT2D eigenvalue weighted by Gasteiger charge is 2.40. The van der Waals surface area contributed by atoms with Crippen LogP contribution in [0, 0.1) is 5.92 Å². The number of hydrogen-bond acceptors (Lipinski definition) is 3. The van der Waals surface area contributed by atoms with Crippen molar-refractivity contribution in [3.8, 4) is 0 Å². The van der Waals surface area contributed by atoms with Crippen LogP contribution in [0.15, 0.2) is 0 Å². The highest BCUT2D eigenvalue weighted by Crippen LogP contribution is 2.30. The molecule has 278 valence electrons. The van der Waals surface area contributed by atoms with E-state index in [1.54, 1.807) is 0 Å². The van der Waals surface area contributed by atoms with E-state index in [9.17, 15) is 9.59 Å². The van der Waals surface area contributed by atoms with Gasteiger partial charge in [0, 0.05) is 19.0 Å². The third kappa shape index (κ3) is 20.9. The molecule has 1 aliphatic rings. The third-order valence-corrected chi connectivity index (χ3v) is 10.9. The van der Waals surface area contributed by atoms with E-state index in [0.717, 1.165) is 77.5 Å². The van der Waals surface area contributed by atoms with Gasteiger partial charge in [-0.15, -0.1) is 0 Å². The monoisotopic (exact) mass is 662 g/mol. The minimum atomic E-state index is -0.318. The van der Waals surface area contributed by atoms with Gasteiger partial charge in [-0.2, -0.15) is 0 Å². The summed E-state index contributed by atoms with van der Waals surface area (Å²) < 4.78 is 0. The molecule has 0 aliphatic carbocycles. The molecule has 0 aromatic heterocycles. The van der Waals surface area contributed by atoms with Gasteiger partial charge in [-0.3, -0.25) is 9.59 Å². The van der Waals surface area contributed by atoms with Crippen LogP contribution in [0.1, 0.15) is 214 Å². The second-order valence-electron chi connectivity index (χ2n) is 15.0. The van der Waals surface area contributed by atoms with Crippen molar-refractivity contribution in [2.45, 2.75) is 226 Å². The molecule has 1 atom stereocenters. The second kappa shape index (κ2) is 30.9. The van der Waals surface area contributed by atoms with Gasteiger partial charge in [0.05, 0.1) is 0 Å². The summed E-state index contributed by atoms with van der Waals surface area (Å²) in [6.07, 6.45) is 33.4. The Morgan fingerprint density at radius 1 is 0.596 bits per heavy atom. The van der Waals surface area contributed by atoms with E-state index in [-0.39, 0.29) is 29.8 Å². The third-order valence-electron chi connectivity index (χ3n) is 10.9. The number of likely N-dealkylation sites (tertiary alicyclic amines) is 1. The van der Waals surface area contributed by atoms with Gasteiger partial charge in [-0.1, -0.05) is 169 Å². The molecular formula is C42H83N3O2. The minimum Gasteiger partial charge on any atom is -0.354 e. The van der Waals surface area contributed by atoms with Crippen LogP contribution in [0.5, 0.6) is 0 Å². The average Bonchev–Trinajstić information content (AvgIpc) is 3.08. The van der Waals surface area contributed by atoms with Gasteiger partial charge in [0.2, 0.25) is 11.8 Å². The molecular weight excluding hydrogens is 578 g/mol. The predicted octanol–water partition coefficient (Wildman–Crippen LogP) is 11.6. The van der Waals surface area contributed by atoms with Crippen LogP contribution >= 0.6 is 0 Å².